The first kappa shape index (κ1) is 14.1. The SMILES string of the molecule is CCOC1(c2noc(Cc3cccc(O)c3)n2)CCCC1. The zero-order chi connectivity index (χ0) is 14.7. The largest absolute Gasteiger partial charge is 0.508 e. The van der Waals surface area contributed by atoms with Crippen LogP contribution >= 0.6 is 0 Å². The van der Waals surface area contributed by atoms with Gasteiger partial charge >= 0.3 is 0 Å². The summed E-state index contributed by atoms with van der Waals surface area (Å²) in [6.45, 7) is 2.64. The fourth-order valence-corrected chi connectivity index (χ4v) is 3.01. The Bertz CT molecular complexity index is 603. The molecule has 5 nitrogen and oxygen atoms in total. The van der Waals surface area contributed by atoms with E-state index in [1.54, 1.807) is 18.2 Å². The van der Waals surface area contributed by atoms with Crippen molar-refractivity contribution in [3.05, 3.63) is 41.5 Å². The molecule has 1 aromatic heterocycles. The van der Waals surface area contributed by atoms with Crippen LogP contribution in [0.1, 0.15) is 49.9 Å². The number of phenolic OH excluding ortho intramolecular Hbond substituents is 1. The molecular weight excluding hydrogens is 268 g/mol. The van der Waals surface area contributed by atoms with Crippen molar-refractivity contribution in [1.29, 1.82) is 0 Å². The molecule has 0 bridgehead atoms. The van der Waals surface area contributed by atoms with Crippen LogP contribution in [0.3, 0.4) is 0 Å². The molecule has 3 rings (SSSR count). The van der Waals surface area contributed by atoms with Gasteiger partial charge in [-0.05, 0) is 50.3 Å². The average molecular weight is 288 g/mol. The van der Waals surface area contributed by atoms with Crippen LogP contribution < -0.4 is 0 Å². The minimum absolute atomic E-state index is 0.244. The standard InChI is InChI=1S/C16H20N2O3/c1-2-20-16(8-3-4-9-16)15-17-14(21-18-15)11-12-6-5-7-13(19)10-12/h5-7,10,19H,2-4,8-9,11H2,1H3. The Kier molecular flexibility index (Phi) is 3.92. The topological polar surface area (TPSA) is 68.4 Å². The van der Waals surface area contributed by atoms with Gasteiger partial charge in [0.25, 0.3) is 0 Å². The number of aromatic nitrogens is 2. The van der Waals surface area contributed by atoms with Gasteiger partial charge < -0.3 is 14.4 Å². The van der Waals surface area contributed by atoms with Gasteiger partial charge in [0.05, 0.1) is 6.42 Å². The van der Waals surface area contributed by atoms with Gasteiger partial charge in [0, 0.05) is 6.61 Å². The minimum Gasteiger partial charge on any atom is -0.508 e. The van der Waals surface area contributed by atoms with Crippen LogP contribution in [0.5, 0.6) is 5.75 Å². The van der Waals surface area contributed by atoms with Crippen LogP contribution in [0.2, 0.25) is 0 Å². The predicted octanol–water partition coefficient (Wildman–Crippen LogP) is 3.17. The third-order valence-corrected chi connectivity index (χ3v) is 3.97. The maximum absolute atomic E-state index is 9.49. The summed E-state index contributed by atoms with van der Waals surface area (Å²) in [6, 6.07) is 7.08. The van der Waals surface area contributed by atoms with E-state index >= 15 is 0 Å². The Morgan fingerprint density at radius 3 is 2.86 bits per heavy atom. The second-order valence-corrected chi connectivity index (χ2v) is 5.49. The van der Waals surface area contributed by atoms with Crippen LogP contribution in [0.25, 0.3) is 0 Å². The number of nitrogens with zero attached hydrogens (tertiary/aromatic N) is 2. The van der Waals surface area contributed by atoms with E-state index in [9.17, 15) is 5.11 Å². The van der Waals surface area contributed by atoms with Gasteiger partial charge in [-0.3, -0.25) is 0 Å². The summed E-state index contributed by atoms with van der Waals surface area (Å²) >= 11 is 0. The molecule has 0 aliphatic heterocycles. The van der Waals surface area contributed by atoms with Gasteiger partial charge in [0.2, 0.25) is 11.7 Å². The van der Waals surface area contributed by atoms with Crippen molar-refractivity contribution < 1.29 is 14.4 Å². The minimum atomic E-state index is -0.366. The number of hydrogen-bond acceptors (Lipinski definition) is 5. The molecule has 1 heterocycles. The number of benzene rings is 1. The fraction of sp³-hybridized carbons (Fsp3) is 0.500. The van der Waals surface area contributed by atoms with Crippen molar-refractivity contribution in [2.24, 2.45) is 0 Å². The lowest BCUT2D eigenvalue weighted by Crippen LogP contribution is -2.27. The van der Waals surface area contributed by atoms with Gasteiger partial charge in [-0.2, -0.15) is 4.98 Å². The summed E-state index contributed by atoms with van der Waals surface area (Å²) in [4.78, 5) is 4.52. The number of hydrogen-bond donors (Lipinski definition) is 1. The molecule has 5 heteroatoms. The molecule has 21 heavy (non-hydrogen) atoms. The van der Waals surface area contributed by atoms with Crippen molar-refractivity contribution in [3.8, 4) is 5.75 Å². The van der Waals surface area contributed by atoms with Crippen molar-refractivity contribution in [2.75, 3.05) is 6.61 Å². The second kappa shape index (κ2) is 5.85. The molecule has 2 aromatic rings. The van der Waals surface area contributed by atoms with Gasteiger partial charge in [0.1, 0.15) is 11.4 Å². The molecule has 1 saturated carbocycles. The van der Waals surface area contributed by atoms with E-state index in [0.717, 1.165) is 31.2 Å². The van der Waals surface area contributed by atoms with Gasteiger partial charge in [-0.15, -0.1) is 0 Å². The van der Waals surface area contributed by atoms with Crippen molar-refractivity contribution in [2.45, 2.75) is 44.6 Å². The predicted molar refractivity (Wildman–Crippen MR) is 77.0 cm³/mol. The number of aromatic hydroxyl groups is 1. The highest BCUT2D eigenvalue weighted by Gasteiger charge is 2.40. The van der Waals surface area contributed by atoms with E-state index in [1.165, 1.54) is 0 Å². The molecule has 112 valence electrons. The van der Waals surface area contributed by atoms with Crippen LogP contribution in [0.15, 0.2) is 28.8 Å². The molecule has 0 radical (unpaired) electrons. The van der Waals surface area contributed by atoms with E-state index in [0.29, 0.717) is 24.7 Å². The maximum Gasteiger partial charge on any atom is 0.231 e. The molecule has 1 aliphatic rings. The first-order valence-corrected chi connectivity index (χ1v) is 7.47. The van der Waals surface area contributed by atoms with Crippen molar-refractivity contribution >= 4 is 0 Å². The highest BCUT2D eigenvalue weighted by molar-refractivity contribution is 5.28. The molecular formula is C16H20N2O3. The zero-order valence-electron chi connectivity index (χ0n) is 12.2. The van der Waals surface area contributed by atoms with Crippen LogP contribution in [0, 0.1) is 0 Å². The highest BCUT2D eigenvalue weighted by Crippen LogP contribution is 2.40. The molecule has 1 N–H and O–H groups in total. The Labute approximate surface area is 123 Å². The highest BCUT2D eigenvalue weighted by atomic mass is 16.5. The number of rotatable bonds is 5. The lowest BCUT2D eigenvalue weighted by Gasteiger charge is -2.24. The summed E-state index contributed by atoms with van der Waals surface area (Å²) in [5.41, 5.74) is 0.581. The molecule has 1 aliphatic carbocycles. The molecule has 0 spiro atoms. The fourth-order valence-electron chi connectivity index (χ4n) is 3.01. The lowest BCUT2D eigenvalue weighted by atomic mass is 10.0. The van der Waals surface area contributed by atoms with E-state index in [4.69, 9.17) is 9.26 Å². The van der Waals surface area contributed by atoms with Crippen LogP contribution in [-0.4, -0.2) is 21.9 Å². The molecule has 1 aromatic carbocycles. The summed E-state index contributed by atoms with van der Waals surface area (Å²) < 4.78 is 11.3. The molecule has 0 amide bonds. The lowest BCUT2D eigenvalue weighted by molar-refractivity contribution is -0.0469. The monoisotopic (exact) mass is 288 g/mol. The molecule has 0 atom stereocenters. The third-order valence-electron chi connectivity index (χ3n) is 3.97. The number of phenols is 1. The van der Waals surface area contributed by atoms with E-state index in [1.807, 2.05) is 13.0 Å². The Morgan fingerprint density at radius 1 is 1.33 bits per heavy atom. The second-order valence-electron chi connectivity index (χ2n) is 5.49. The molecule has 0 unspecified atom stereocenters. The number of ether oxygens (including phenoxy) is 1. The van der Waals surface area contributed by atoms with Crippen LogP contribution in [-0.2, 0) is 16.8 Å². The molecule has 1 fully saturated rings. The molecule has 0 saturated heterocycles. The van der Waals surface area contributed by atoms with E-state index in [-0.39, 0.29) is 11.4 Å². The van der Waals surface area contributed by atoms with Gasteiger partial charge in [0.15, 0.2) is 0 Å². The Hall–Kier alpha value is -1.88. The van der Waals surface area contributed by atoms with Crippen molar-refractivity contribution in [1.82, 2.24) is 10.1 Å². The van der Waals surface area contributed by atoms with Crippen LogP contribution in [0.4, 0.5) is 0 Å². The third kappa shape index (κ3) is 2.93. The van der Waals surface area contributed by atoms with E-state index in [2.05, 4.69) is 10.1 Å². The Morgan fingerprint density at radius 2 is 2.14 bits per heavy atom. The smallest absolute Gasteiger partial charge is 0.231 e. The Balaban J connectivity index is 1.79. The first-order valence-electron chi connectivity index (χ1n) is 7.47. The zero-order valence-corrected chi connectivity index (χ0v) is 12.2. The normalized spacial score (nSPS) is 17.2. The van der Waals surface area contributed by atoms with Gasteiger partial charge in [-0.1, -0.05) is 17.3 Å². The quantitative estimate of drug-likeness (QED) is 0.915. The van der Waals surface area contributed by atoms with Gasteiger partial charge in [-0.25, -0.2) is 0 Å². The maximum atomic E-state index is 9.49. The van der Waals surface area contributed by atoms with E-state index < -0.39 is 0 Å². The first-order chi connectivity index (χ1) is 10.2. The van der Waals surface area contributed by atoms with Crippen molar-refractivity contribution in [3.63, 3.8) is 0 Å². The summed E-state index contributed by atoms with van der Waals surface area (Å²) in [5.74, 6) is 1.47. The summed E-state index contributed by atoms with van der Waals surface area (Å²) in [7, 11) is 0. The summed E-state index contributed by atoms with van der Waals surface area (Å²) in [6.07, 6.45) is 4.69. The average Bonchev–Trinajstić information content (AvgIpc) is 3.09. The summed E-state index contributed by atoms with van der Waals surface area (Å²) in [5, 5.41) is 13.6.